The van der Waals surface area contributed by atoms with Gasteiger partial charge in [-0.2, -0.15) is 0 Å². The average Bonchev–Trinajstić information content (AvgIpc) is 3.21. The lowest BCUT2D eigenvalue weighted by Crippen LogP contribution is -2.46. The van der Waals surface area contributed by atoms with Gasteiger partial charge in [0, 0.05) is 25.1 Å². The summed E-state index contributed by atoms with van der Waals surface area (Å²) in [6, 6.07) is 3.52. The van der Waals surface area contributed by atoms with Crippen molar-refractivity contribution in [2.45, 2.75) is 31.8 Å². The lowest BCUT2D eigenvalue weighted by atomic mass is 9.95. The highest BCUT2D eigenvalue weighted by Crippen LogP contribution is 2.49. The predicted octanol–water partition coefficient (Wildman–Crippen LogP) is 2.30. The molecule has 1 saturated carbocycles. The van der Waals surface area contributed by atoms with Gasteiger partial charge in [-0.05, 0) is 36.3 Å². The van der Waals surface area contributed by atoms with Gasteiger partial charge in [-0.25, -0.2) is 8.78 Å². The molecule has 5 heteroatoms. The number of β-amino-alcohol motifs (C(OH)–C–C–N with tert-alkyl or cyclic N) is 1. The molecule has 4 atom stereocenters. The number of aliphatic hydroxyl groups is 1. The number of amides is 1. The van der Waals surface area contributed by atoms with E-state index in [1.807, 2.05) is 6.92 Å². The molecule has 2 aliphatic rings. The number of benzene rings is 1. The van der Waals surface area contributed by atoms with Crippen LogP contribution in [-0.2, 0) is 4.79 Å². The Labute approximate surface area is 122 Å². The van der Waals surface area contributed by atoms with Gasteiger partial charge < -0.3 is 10.0 Å². The fourth-order valence-electron chi connectivity index (χ4n) is 3.10. The molecule has 1 aromatic carbocycles. The molecule has 1 heterocycles. The number of carbonyl (C=O) groups excluding carboxylic acids is 1. The second-order valence-corrected chi connectivity index (χ2v) is 6.23. The first-order valence-corrected chi connectivity index (χ1v) is 7.39. The molecule has 114 valence electrons. The molecule has 0 spiro atoms. The van der Waals surface area contributed by atoms with Crippen LogP contribution in [0.25, 0.3) is 0 Å². The van der Waals surface area contributed by atoms with Gasteiger partial charge in [-0.1, -0.05) is 13.0 Å². The molecule has 1 amide bonds. The first-order chi connectivity index (χ1) is 9.97. The number of carbonyl (C=O) groups is 1. The number of piperidine rings is 1. The molecule has 1 aromatic rings. The Balaban J connectivity index is 1.66. The topological polar surface area (TPSA) is 40.5 Å². The summed E-state index contributed by atoms with van der Waals surface area (Å²) in [5, 5.41) is 9.86. The van der Waals surface area contributed by atoms with Crippen molar-refractivity contribution in [3.05, 3.63) is 35.4 Å². The van der Waals surface area contributed by atoms with E-state index in [9.17, 15) is 18.7 Å². The van der Waals surface area contributed by atoms with Crippen molar-refractivity contribution in [1.29, 1.82) is 0 Å². The Kier molecular flexibility index (Phi) is 3.69. The van der Waals surface area contributed by atoms with Crippen LogP contribution in [0.5, 0.6) is 0 Å². The van der Waals surface area contributed by atoms with Crippen molar-refractivity contribution >= 4 is 5.91 Å². The molecule has 1 aliphatic carbocycles. The lowest BCUT2D eigenvalue weighted by Gasteiger charge is -2.34. The molecule has 1 aliphatic heterocycles. The van der Waals surface area contributed by atoms with Crippen LogP contribution in [0.2, 0.25) is 0 Å². The largest absolute Gasteiger partial charge is 0.391 e. The van der Waals surface area contributed by atoms with E-state index < -0.39 is 17.7 Å². The van der Waals surface area contributed by atoms with Crippen molar-refractivity contribution < 1.29 is 18.7 Å². The summed E-state index contributed by atoms with van der Waals surface area (Å²) in [6.45, 7) is 2.97. The van der Waals surface area contributed by atoms with Gasteiger partial charge in [0.05, 0.1) is 6.10 Å². The van der Waals surface area contributed by atoms with Crippen LogP contribution in [0.3, 0.4) is 0 Å². The highest BCUT2D eigenvalue weighted by Gasteiger charge is 2.47. The molecule has 0 bridgehead atoms. The van der Waals surface area contributed by atoms with Crippen LogP contribution in [0.1, 0.15) is 31.2 Å². The molecule has 4 unspecified atom stereocenters. The summed E-state index contributed by atoms with van der Waals surface area (Å²) in [5.74, 6) is -1.39. The number of nitrogens with zero attached hydrogens (tertiary/aromatic N) is 1. The number of halogens is 2. The van der Waals surface area contributed by atoms with E-state index in [2.05, 4.69) is 0 Å². The van der Waals surface area contributed by atoms with Gasteiger partial charge in [-0.15, -0.1) is 0 Å². The van der Waals surface area contributed by atoms with Crippen molar-refractivity contribution in [1.82, 2.24) is 4.90 Å². The fourth-order valence-corrected chi connectivity index (χ4v) is 3.10. The molecule has 3 rings (SSSR count). The second kappa shape index (κ2) is 5.37. The standard InChI is InChI=1S/C16H19F2NO2/c1-9-4-5-19(8-15(9)20)16(21)13-7-12(13)11-3-2-10(17)6-14(11)18/h2-3,6,9,12-13,15,20H,4-5,7-8H2,1H3. The molecule has 0 aromatic heterocycles. The molecule has 3 nitrogen and oxygen atoms in total. The van der Waals surface area contributed by atoms with Crippen LogP contribution in [0.15, 0.2) is 18.2 Å². The summed E-state index contributed by atoms with van der Waals surface area (Å²) in [5.41, 5.74) is 0.417. The van der Waals surface area contributed by atoms with E-state index in [0.717, 1.165) is 12.5 Å². The van der Waals surface area contributed by atoms with Crippen LogP contribution in [-0.4, -0.2) is 35.1 Å². The third-order valence-corrected chi connectivity index (χ3v) is 4.70. The molecular weight excluding hydrogens is 276 g/mol. The van der Waals surface area contributed by atoms with E-state index in [-0.39, 0.29) is 23.7 Å². The highest BCUT2D eigenvalue weighted by molar-refractivity contribution is 5.83. The van der Waals surface area contributed by atoms with Gasteiger partial charge in [0.15, 0.2) is 0 Å². The molecular formula is C16H19F2NO2. The third-order valence-electron chi connectivity index (χ3n) is 4.70. The smallest absolute Gasteiger partial charge is 0.226 e. The quantitative estimate of drug-likeness (QED) is 0.909. The van der Waals surface area contributed by atoms with Crippen LogP contribution in [0, 0.1) is 23.5 Å². The fraction of sp³-hybridized carbons (Fsp3) is 0.562. The maximum atomic E-state index is 13.7. The summed E-state index contributed by atoms with van der Waals surface area (Å²) in [4.78, 5) is 14.1. The number of likely N-dealkylation sites (tertiary alicyclic amines) is 1. The Morgan fingerprint density at radius 1 is 1.38 bits per heavy atom. The van der Waals surface area contributed by atoms with Crippen LogP contribution >= 0.6 is 0 Å². The summed E-state index contributed by atoms with van der Waals surface area (Å²) < 4.78 is 26.6. The van der Waals surface area contributed by atoms with Gasteiger partial charge in [0.25, 0.3) is 0 Å². The number of aliphatic hydroxyl groups excluding tert-OH is 1. The Hall–Kier alpha value is -1.49. The minimum atomic E-state index is -0.604. The summed E-state index contributed by atoms with van der Waals surface area (Å²) >= 11 is 0. The molecule has 21 heavy (non-hydrogen) atoms. The van der Waals surface area contributed by atoms with E-state index in [0.29, 0.717) is 25.1 Å². The SMILES string of the molecule is CC1CCN(C(=O)C2CC2c2ccc(F)cc2F)CC1O. The van der Waals surface area contributed by atoms with Gasteiger partial charge >= 0.3 is 0 Å². The maximum absolute atomic E-state index is 13.7. The average molecular weight is 295 g/mol. The Bertz CT molecular complexity index is 563. The van der Waals surface area contributed by atoms with Gasteiger partial charge in [-0.3, -0.25) is 4.79 Å². The predicted molar refractivity (Wildman–Crippen MR) is 73.6 cm³/mol. The minimum Gasteiger partial charge on any atom is -0.391 e. The van der Waals surface area contributed by atoms with E-state index in [1.54, 1.807) is 4.90 Å². The lowest BCUT2D eigenvalue weighted by molar-refractivity contribution is -0.136. The van der Waals surface area contributed by atoms with E-state index >= 15 is 0 Å². The molecule has 1 N–H and O–H groups in total. The minimum absolute atomic E-state index is 0.0188. The number of hydrogen-bond donors (Lipinski definition) is 1. The summed E-state index contributed by atoms with van der Waals surface area (Å²) in [7, 11) is 0. The first-order valence-electron chi connectivity index (χ1n) is 7.39. The van der Waals surface area contributed by atoms with E-state index in [1.165, 1.54) is 12.1 Å². The van der Waals surface area contributed by atoms with Gasteiger partial charge in [0.1, 0.15) is 11.6 Å². The van der Waals surface area contributed by atoms with Crippen LogP contribution < -0.4 is 0 Å². The molecule has 0 radical (unpaired) electrons. The highest BCUT2D eigenvalue weighted by atomic mass is 19.1. The zero-order chi connectivity index (χ0) is 15.1. The Morgan fingerprint density at radius 3 is 2.81 bits per heavy atom. The second-order valence-electron chi connectivity index (χ2n) is 6.23. The zero-order valence-electron chi connectivity index (χ0n) is 11.9. The Morgan fingerprint density at radius 2 is 2.14 bits per heavy atom. The van der Waals surface area contributed by atoms with E-state index in [4.69, 9.17) is 0 Å². The molecule has 2 fully saturated rings. The van der Waals surface area contributed by atoms with Crippen molar-refractivity contribution in [3.8, 4) is 0 Å². The maximum Gasteiger partial charge on any atom is 0.226 e. The molecule has 1 saturated heterocycles. The van der Waals surface area contributed by atoms with Crippen molar-refractivity contribution in [2.75, 3.05) is 13.1 Å². The van der Waals surface area contributed by atoms with Crippen LogP contribution in [0.4, 0.5) is 8.78 Å². The zero-order valence-corrected chi connectivity index (χ0v) is 11.9. The normalized spacial score (nSPS) is 32.1. The monoisotopic (exact) mass is 295 g/mol. The number of rotatable bonds is 2. The summed E-state index contributed by atoms with van der Waals surface area (Å²) in [6.07, 6.45) is 0.904. The van der Waals surface area contributed by atoms with Crippen molar-refractivity contribution in [3.63, 3.8) is 0 Å². The number of hydrogen-bond acceptors (Lipinski definition) is 2. The first kappa shape index (κ1) is 14.4. The van der Waals surface area contributed by atoms with Crippen molar-refractivity contribution in [2.24, 2.45) is 11.8 Å². The third kappa shape index (κ3) is 2.79. The van der Waals surface area contributed by atoms with Gasteiger partial charge in [0.2, 0.25) is 5.91 Å².